The Morgan fingerprint density at radius 2 is 2.22 bits per heavy atom. The van der Waals surface area contributed by atoms with Gasteiger partial charge in [0, 0.05) is 12.5 Å². The molecule has 1 heterocycles. The zero-order valence-electron chi connectivity index (χ0n) is 10.9. The van der Waals surface area contributed by atoms with Crippen LogP contribution in [0.2, 0.25) is 0 Å². The number of aryl methyl sites for hydroxylation is 1. The first kappa shape index (κ1) is 12.8. The average molecular weight is 245 g/mol. The van der Waals surface area contributed by atoms with Gasteiger partial charge in [-0.25, -0.2) is 0 Å². The molecule has 0 radical (unpaired) electrons. The Labute approximate surface area is 107 Å². The van der Waals surface area contributed by atoms with Crippen molar-refractivity contribution in [3.8, 4) is 0 Å². The van der Waals surface area contributed by atoms with Crippen LogP contribution in [-0.4, -0.2) is 16.2 Å². The van der Waals surface area contributed by atoms with E-state index in [1.807, 2.05) is 6.07 Å². The first-order chi connectivity index (χ1) is 8.67. The maximum atomic E-state index is 5.87. The molecule has 0 fully saturated rings. The van der Waals surface area contributed by atoms with Gasteiger partial charge in [0.05, 0.1) is 6.42 Å². The van der Waals surface area contributed by atoms with Crippen LogP contribution < -0.4 is 5.73 Å². The highest BCUT2D eigenvalue weighted by molar-refractivity contribution is 5.24. The smallest absolute Gasteiger partial charge is 0.231 e. The molecule has 1 unspecified atom stereocenters. The number of nitrogens with two attached hydrogens (primary N) is 1. The van der Waals surface area contributed by atoms with Gasteiger partial charge in [0.1, 0.15) is 0 Å². The standard InChI is InChI=1S/C14H19N3O/c1-3-12(15)9-13-16-14(18-17-13)8-11-6-4-5-10(2)7-11/h4-7,12H,3,8-9,15H2,1-2H3. The Kier molecular flexibility index (Phi) is 4.10. The largest absolute Gasteiger partial charge is 0.339 e. The van der Waals surface area contributed by atoms with E-state index >= 15 is 0 Å². The molecule has 0 aliphatic rings. The van der Waals surface area contributed by atoms with Crippen LogP contribution in [0.5, 0.6) is 0 Å². The van der Waals surface area contributed by atoms with Crippen LogP contribution in [0, 0.1) is 6.92 Å². The molecule has 18 heavy (non-hydrogen) atoms. The Balaban J connectivity index is 2.02. The number of benzene rings is 1. The maximum Gasteiger partial charge on any atom is 0.231 e. The molecule has 4 nitrogen and oxygen atoms in total. The summed E-state index contributed by atoms with van der Waals surface area (Å²) in [6, 6.07) is 8.41. The van der Waals surface area contributed by atoms with E-state index in [1.165, 1.54) is 11.1 Å². The predicted molar refractivity (Wildman–Crippen MR) is 70.3 cm³/mol. The van der Waals surface area contributed by atoms with Crippen LogP contribution in [0.4, 0.5) is 0 Å². The fraction of sp³-hybridized carbons (Fsp3) is 0.429. The van der Waals surface area contributed by atoms with Gasteiger partial charge in [-0.1, -0.05) is 41.9 Å². The Bertz CT molecular complexity index is 507. The van der Waals surface area contributed by atoms with Gasteiger partial charge in [-0.3, -0.25) is 0 Å². The van der Waals surface area contributed by atoms with Crippen molar-refractivity contribution in [3.05, 3.63) is 47.1 Å². The van der Waals surface area contributed by atoms with Crippen LogP contribution in [0.25, 0.3) is 0 Å². The molecule has 0 spiro atoms. The summed E-state index contributed by atoms with van der Waals surface area (Å²) in [4.78, 5) is 4.37. The number of nitrogens with zero attached hydrogens (tertiary/aromatic N) is 2. The predicted octanol–water partition coefficient (Wildman–Crippen LogP) is 2.25. The summed E-state index contributed by atoms with van der Waals surface area (Å²) in [6.07, 6.45) is 2.27. The lowest BCUT2D eigenvalue weighted by molar-refractivity contribution is 0.377. The highest BCUT2D eigenvalue weighted by Gasteiger charge is 2.10. The summed E-state index contributed by atoms with van der Waals surface area (Å²) in [5, 5.41) is 3.96. The third kappa shape index (κ3) is 3.40. The number of hydrogen-bond donors (Lipinski definition) is 1. The summed E-state index contributed by atoms with van der Waals surface area (Å²) in [7, 11) is 0. The summed E-state index contributed by atoms with van der Waals surface area (Å²) < 4.78 is 5.24. The molecule has 0 bridgehead atoms. The zero-order valence-corrected chi connectivity index (χ0v) is 10.9. The van der Waals surface area contributed by atoms with Crippen molar-refractivity contribution in [2.75, 3.05) is 0 Å². The quantitative estimate of drug-likeness (QED) is 0.877. The summed E-state index contributed by atoms with van der Waals surface area (Å²) in [5.74, 6) is 1.35. The molecular weight excluding hydrogens is 226 g/mol. The summed E-state index contributed by atoms with van der Waals surface area (Å²) >= 11 is 0. The van der Waals surface area contributed by atoms with Gasteiger partial charge < -0.3 is 10.3 Å². The van der Waals surface area contributed by atoms with Crippen molar-refractivity contribution >= 4 is 0 Å². The number of rotatable bonds is 5. The minimum atomic E-state index is 0.106. The monoisotopic (exact) mass is 245 g/mol. The lowest BCUT2D eigenvalue weighted by Crippen LogP contribution is -2.22. The van der Waals surface area contributed by atoms with Crippen molar-refractivity contribution < 1.29 is 4.52 Å². The molecule has 0 saturated heterocycles. The molecule has 0 saturated carbocycles. The van der Waals surface area contributed by atoms with E-state index in [0.717, 1.165) is 6.42 Å². The average Bonchev–Trinajstić information content (AvgIpc) is 2.76. The van der Waals surface area contributed by atoms with Gasteiger partial charge in [0.25, 0.3) is 0 Å². The minimum Gasteiger partial charge on any atom is -0.339 e. The first-order valence-corrected chi connectivity index (χ1v) is 6.30. The molecule has 0 amide bonds. The molecular formula is C14H19N3O. The van der Waals surface area contributed by atoms with Gasteiger partial charge in [-0.05, 0) is 18.9 Å². The molecule has 1 aromatic carbocycles. The normalized spacial score (nSPS) is 12.6. The van der Waals surface area contributed by atoms with Crippen LogP contribution in [0.3, 0.4) is 0 Å². The van der Waals surface area contributed by atoms with E-state index in [2.05, 4.69) is 42.2 Å². The Morgan fingerprint density at radius 3 is 2.94 bits per heavy atom. The Morgan fingerprint density at radius 1 is 1.39 bits per heavy atom. The maximum absolute atomic E-state index is 5.87. The second-order valence-corrected chi connectivity index (χ2v) is 4.64. The molecule has 1 atom stereocenters. The van der Waals surface area contributed by atoms with Gasteiger partial charge in [0.15, 0.2) is 5.82 Å². The summed E-state index contributed by atoms with van der Waals surface area (Å²) in [5.41, 5.74) is 8.29. The highest BCUT2D eigenvalue weighted by atomic mass is 16.5. The van der Waals surface area contributed by atoms with Crippen LogP contribution in [0.15, 0.2) is 28.8 Å². The highest BCUT2D eigenvalue weighted by Crippen LogP contribution is 2.10. The third-order valence-corrected chi connectivity index (χ3v) is 2.92. The SMILES string of the molecule is CCC(N)Cc1noc(Cc2cccc(C)c2)n1. The zero-order chi connectivity index (χ0) is 13.0. The molecule has 96 valence electrons. The molecule has 0 aliphatic carbocycles. The van der Waals surface area contributed by atoms with E-state index in [9.17, 15) is 0 Å². The van der Waals surface area contributed by atoms with Gasteiger partial charge in [-0.15, -0.1) is 0 Å². The molecule has 2 aromatic rings. The molecule has 1 aromatic heterocycles. The van der Waals surface area contributed by atoms with Gasteiger partial charge in [0.2, 0.25) is 5.89 Å². The molecule has 0 aliphatic heterocycles. The van der Waals surface area contributed by atoms with E-state index in [0.29, 0.717) is 24.6 Å². The fourth-order valence-electron chi connectivity index (χ4n) is 1.82. The Hall–Kier alpha value is -1.68. The van der Waals surface area contributed by atoms with Crippen molar-refractivity contribution in [3.63, 3.8) is 0 Å². The van der Waals surface area contributed by atoms with Crippen molar-refractivity contribution in [2.45, 2.75) is 39.2 Å². The number of aromatic nitrogens is 2. The topological polar surface area (TPSA) is 64.9 Å². The van der Waals surface area contributed by atoms with Crippen LogP contribution in [-0.2, 0) is 12.8 Å². The van der Waals surface area contributed by atoms with E-state index in [-0.39, 0.29) is 6.04 Å². The van der Waals surface area contributed by atoms with Crippen LogP contribution >= 0.6 is 0 Å². The number of hydrogen-bond acceptors (Lipinski definition) is 4. The van der Waals surface area contributed by atoms with E-state index < -0.39 is 0 Å². The lowest BCUT2D eigenvalue weighted by atomic mass is 10.1. The molecule has 2 N–H and O–H groups in total. The van der Waals surface area contributed by atoms with E-state index in [4.69, 9.17) is 10.3 Å². The van der Waals surface area contributed by atoms with Crippen LogP contribution in [0.1, 0.15) is 36.2 Å². The first-order valence-electron chi connectivity index (χ1n) is 6.30. The van der Waals surface area contributed by atoms with Crippen molar-refractivity contribution in [1.82, 2.24) is 10.1 Å². The lowest BCUT2D eigenvalue weighted by Gasteiger charge is -2.02. The fourth-order valence-corrected chi connectivity index (χ4v) is 1.82. The van der Waals surface area contributed by atoms with Gasteiger partial charge >= 0.3 is 0 Å². The van der Waals surface area contributed by atoms with Crippen molar-refractivity contribution in [2.24, 2.45) is 5.73 Å². The molecule has 2 rings (SSSR count). The second kappa shape index (κ2) is 5.78. The minimum absolute atomic E-state index is 0.106. The van der Waals surface area contributed by atoms with Crippen molar-refractivity contribution in [1.29, 1.82) is 0 Å². The second-order valence-electron chi connectivity index (χ2n) is 4.64. The molecule has 4 heteroatoms. The summed E-state index contributed by atoms with van der Waals surface area (Å²) in [6.45, 7) is 4.13. The third-order valence-electron chi connectivity index (χ3n) is 2.92. The van der Waals surface area contributed by atoms with E-state index in [1.54, 1.807) is 0 Å². The van der Waals surface area contributed by atoms with Gasteiger partial charge in [-0.2, -0.15) is 4.98 Å².